The monoisotopic (exact) mass is 285 g/mol. The SMILES string of the molecule is CNC(c1cnn(C)c1)c1cc(Br)cs1. The normalized spacial score (nSPS) is 13.0. The van der Waals surface area contributed by atoms with Gasteiger partial charge in [-0.1, -0.05) is 0 Å². The summed E-state index contributed by atoms with van der Waals surface area (Å²) in [4.78, 5) is 1.29. The van der Waals surface area contributed by atoms with Crippen molar-refractivity contribution in [3.8, 4) is 0 Å². The first-order valence-electron chi connectivity index (χ1n) is 4.60. The maximum Gasteiger partial charge on any atom is 0.0699 e. The van der Waals surface area contributed by atoms with Gasteiger partial charge in [0.2, 0.25) is 0 Å². The van der Waals surface area contributed by atoms with Gasteiger partial charge in [-0.2, -0.15) is 5.10 Å². The summed E-state index contributed by atoms with van der Waals surface area (Å²) in [6, 6.07) is 2.37. The van der Waals surface area contributed by atoms with E-state index in [1.807, 2.05) is 31.2 Å². The average molecular weight is 286 g/mol. The molecule has 0 aromatic carbocycles. The maximum absolute atomic E-state index is 4.19. The van der Waals surface area contributed by atoms with Crippen LogP contribution in [0.25, 0.3) is 0 Å². The second-order valence-corrected chi connectivity index (χ2v) is 5.19. The Labute approximate surface area is 101 Å². The number of rotatable bonds is 3. The molecule has 2 aromatic heterocycles. The summed E-state index contributed by atoms with van der Waals surface area (Å²) in [5.41, 5.74) is 1.19. The van der Waals surface area contributed by atoms with Crippen LogP contribution in [-0.4, -0.2) is 16.8 Å². The van der Waals surface area contributed by atoms with Crippen molar-refractivity contribution in [2.75, 3.05) is 7.05 Å². The zero-order chi connectivity index (χ0) is 10.8. The Hall–Kier alpha value is -0.650. The molecule has 0 spiro atoms. The largest absolute Gasteiger partial charge is 0.309 e. The van der Waals surface area contributed by atoms with Gasteiger partial charge in [-0.3, -0.25) is 4.68 Å². The molecule has 5 heteroatoms. The van der Waals surface area contributed by atoms with Crippen LogP contribution in [0.5, 0.6) is 0 Å². The van der Waals surface area contributed by atoms with Gasteiger partial charge >= 0.3 is 0 Å². The average Bonchev–Trinajstić information content (AvgIpc) is 2.78. The van der Waals surface area contributed by atoms with Crippen LogP contribution in [0.4, 0.5) is 0 Å². The van der Waals surface area contributed by atoms with Crippen molar-refractivity contribution in [2.45, 2.75) is 6.04 Å². The van der Waals surface area contributed by atoms with Crippen LogP contribution in [0.15, 0.2) is 28.3 Å². The number of nitrogens with one attached hydrogen (secondary N) is 1. The number of hydrogen-bond acceptors (Lipinski definition) is 3. The van der Waals surface area contributed by atoms with E-state index >= 15 is 0 Å². The van der Waals surface area contributed by atoms with Crippen LogP contribution in [-0.2, 0) is 7.05 Å². The summed E-state index contributed by atoms with van der Waals surface area (Å²) >= 11 is 5.21. The van der Waals surface area contributed by atoms with Gasteiger partial charge in [0.15, 0.2) is 0 Å². The van der Waals surface area contributed by atoms with Crippen molar-refractivity contribution in [3.05, 3.63) is 38.8 Å². The smallest absolute Gasteiger partial charge is 0.0699 e. The van der Waals surface area contributed by atoms with E-state index in [2.05, 4.69) is 37.8 Å². The molecule has 0 bridgehead atoms. The first-order chi connectivity index (χ1) is 7.20. The first kappa shape index (κ1) is 10.9. The molecule has 2 rings (SSSR count). The Balaban J connectivity index is 2.32. The van der Waals surface area contributed by atoms with Crippen molar-refractivity contribution >= 4 is 27.3 Å². The van der Waals surface area contributed by atoms with E-state index < -0.39 is 0 Å². The third-order valence-corrected chi connectivity index (χ3v) is 3.98. The number of aryl methyl sites for hydroxylation is 1. The summed E-state index contributed by atoms with van der Waals surface area (Å²) < 4.78 is 2.95. The molecule has 1 N–H and O–H groups in total. The Morgan fingerprint density at radius 1 is 1.60 bits per heavy atom. The highest BCUT2D eigenvalue weighted by Crippen LogP contribution is 2.29. The zero-order valence-electron chi connectivity index (χ0n) is 8.57. The zero-order valence-corrected chi connectivity index (χ0v) is 11.0. The van der Waals surface area contributed by atoms with Crippen LogP contribution in [0.2, 0.25) is 0 Å². The van der Waals surface area contributed by atoms with Crippen LogP contribution in [0.1, 0.15) is 16.5 Å². The van der Waals surface area contributed by atoms with E-state index in [0.717, 1.165) is 4.47 Å². The van der Waals surface area contributed by atoms with Crippen LogP contribution < -0.4 is 5.32 Å². The minimum absolute atomic E-state index is 0.231. The number of nitrogens with zero attached hydrogens (tertiary/aromatic N) is 2. The van der Waals surface area contributed by atoms with E-state index in [1.54, 1.807) is 11.3 Å². The van der Waals surface area contributed by atoms with Gasteiger partial charge in [-0.25, -0.2) is 0 Å². The van der Waals surface area contributed by atoms with Crippen molar-refractivity contribution in [3.63, 3.8) is 0 Å². The fourth-order valence-corrected chi connectivity index (χ4v) is 3.12. The van der Waals surface area contributed by atoms with Crippen molar-refractivity contribution < 1.29 is 0 Å². The molecule has 3 nitrogen and oxygen atoms in total. The predicted octanol–water partition coefficient (Wildman–Crippen LogP) is 2.55. The Morgan fingerprint density at radius 3 is 2.87 bits per heavy atom. The Kier molecular flexibility index (Phi) is 3.23. The third kappa shape index (κ3) is 2.30. The molecule has 0 aliphatic rings. The highest BCUT2D eigenvalue weighted by atomic mass is 79.9. The first-order valence-corrected chi connectivity index (χ1v) is 6.27. The lowest BCUT2D eigenvalue weighted by Crippen LogP contribution is -2.15. The minimum atomic E-state index is 0.231. The molecular weight excluding hydrogens is 274 g/mol. The van der Waals surface area contributed by atoms with Gasteiger partial charge in [0.1, 0.15) is 0 Å². The summed E-state index contributed by atoms with van der Waals surface area (Å²) in [7, 11) is 3.89. The number of aromatic nitrogens is 2. The number of hydrogen-bond donors (Lipinski definition) is 1. The van der Waals surface area contributed by atoms with Gasteiger partial charge in [0.25, 0.3) is 0 Å². The van der Waals surface area contributed by atoms with E-state index in [1.165, 1.54) is 10.4 Å². The summed E-state index contributed by atoms with van der Waals surface area (Å²) in [5.74, 6) is 0. The topological polar surface area (TPSA) is 29.9 Å². The van der Waals surface area contributed by atoms with Gasteiger partial charge in [-0.15, -0.1) is 11.3 Å². The van der Waals surface area contributed by atoms with Crippen molar-refractivity contribution in [1.82, 2.24) is 15.1 Å². The molecule has 0 amide bonds. The van der Waals surface area contributed by atoms with E-state index in [4.69, 9.17) is 0 Å². The molecule has 2 aromatic rings. The van der Waals surface area contributed by atoms with Gasteiger partial charge in [0, 0.05) is 33.5 Å². The van der Waals surface area contributed by atoms with E-state index in [-0.39, 0.29) is 6.04 Å². The Morgan fingerprint density at radius 2 is 2.40 bits per heavy atom. The lowest BCUT2D eigenvalue weighted by Gasteiger charge is -2.11. The number of thiophene rings is 1. The fraction of sp³-hybridized carbons (Fsp3) is 0.300. The predicted molar refractivity (Wildman–Crippen MR) is 66.1 cm³/mol. The summed E-state index contributed by atoms with van der Waals surface area (Å²) in [6.45, 7) is 0. The van der Waals surface area contributed by atoms with Gasteiger partial charge in [-0.05, 0) is 29.0 Å². The van der Waals surface area contributed by atoms with Crippen LogP contribution in [0.3, 0.4) is 0 Å². The lowest BCUT2D eigenvalue weighted by molar-refractivity contribution is 0.701. The molecule has 0 fully saturated rings. The van der Waals surface area contributed by atoms with Crippen molar-refractivity contribution in [2.24, 2.45) is 7.05 Å². The Bertz CT molecular complexity index is 409. The maximum atomic E-state index is 4.19. The quantitative estimate of drug-likeness (QED) is 0.939. The molecule has 1 atom stereocenters. The highest BCUT2D eigenvalue weighted by molar-refractivity contribution is 9.10. The second kappa shape index (κ2) is 4.47. The van der Waals surface area contributed by atoms with E-state index in [9.17, 15) is 0 Å². The molecule has 0 saturated heterocycles. The summed E-state index contributed by atoms with van der Waals surface area (Å²) in [6.07, 6.45) is 3.93. The van der Waals surface area contributed by atoms with Crippen LogP contribution >= 0.6 is 27.3 Å². The summed E-state index contributed by atoms with van der Waals surface area (Å²) in [5, 5.41) is 9.58. The molecule has 0 aliphatic heterocycles. The van der Waals surface area contributed by atoms with Crippen molar-refractivity contribution in [1.29, 1.82) is 0 Å². The molecule has 80 valence electrons. The van der Waals surface area contributed by atoms with E-state index in [0.29, 0.717) is 0 Å². The highest BCUT2D eigenvalue weighted by Gasteiger charge is 2.15. The second-order valence-electron chi connectivity index (χ2n) is 3.34. The molecule has 0 aliphatic carbocycles. The lowest BCUT2D eigenvalue weighted by atomic mass is 10.1. The molecule has 2 heterocycles. The molecule has 0 saturated carbocycles. The molecular formula is C10H12BrN3S. The molecule has 0 radical (unpaired) electrons. The van der Waals surface area contributed by atoms with Gasteiger partial charge < -0.3 is 5.32 Å². The molecule has 15 heavy (non-hydrogen) atoms. The van der Waals surface area contributed by atoms with Gasteiger partial charge in [0.05, 0.1) is 12.2 Å². The number of halogens is 1. The van der Waals surface area contributed by atoms with Crippen LogP contribution in [0, 0.1) is 0 Å². The fourth-order valence-electron chi connectivity index (χ4n) is 1.54. The third-order valence-electron chi connectivity index (χ3n) is 2.22. The molecule has 1 unspecified atom stereocenters. The standard InChI is InChI=1S/C10H12BrN3S/c1-12-10(7-4-13-14(2)5-7)9-3-8(11)6-15-9/h3-6,10,12H,1-2H3. The minimum Gasteiger partial charge on any atom is -0.309 e.